The zero-order chi connectivity index (χ0) is 8.27. The number of hydrogen-bond acceptors (Lipinski definition) is 4. The fourth-order valence-electron chi connectivity index (χ4n) is 0.780. The Morgan fingerprint density at radius 2 is 2.27 bits per heavy atom. The average molecular weight is 173 g/mol. The topological polar surface area (TPSA) is 66.5 Å². The van der Waals surface area contributed by atoms with Crippen LogP contribution in [0.1, 0.15) is 16.5 Å². The number of aliphatic hydroxyl groups excluding tert-OH is 2. The highest BCUT2D eigenvalue weighted by molar-refractivity contribution is 7.10. The third kappa shape index (κ3) is 2.00. The molecule has 4 N–H and O–H groups in total. The Morgan fingerprint density at radius 1 is 1.55 bits per heavy atom. The van der Waals surface area contributed by atoms with E-state index in [0.717, 1.165) is 10.4 Å². The van der Waals surface area contributed by atoms with Crippen LogP contribution in [0.4, 0.5) is 0 Å². The van der Waals surface area contributed by atoms with E-state index in [0.29, 0.717) is 0 Å². The van der Waals surface area contributed by atoms with Crippen molar-refractivity contribution in [2.24, 2.45) is 5.73 Å². The van der Waals surface area contributed by atoms with Gasteiger partial charge in [0, 0.05) is 4.88 Å². The van der Waals surface area contributed by atoms with E-state index in [9.17, 15) is 0 Å². The lowest BCUT2D eigenvalue weighted by molar-refractivity contribution is 0.267. The van der Waals surface area contributed by atoms with Crippen LogP contribution >= 0.6 is 11.3 Å². The molecule has 0 saturated heterocycles. The molecule has 0 aliphatic carbocycles. The van der Waals surface area contributed by atoms with Crippen molar-refractivity contribution in [1.29, 1.82) is 0 Å². The number of thiophene rings is 1. The van der Waals surface area contributed by atoms with Crippen LogP contribution in [-0.2, 0) is 6.61 Å². The van der Waals surface area contributed by atoms with Crippen LogP contribution in [0.15, 0.2) is 11.4 Å². The molecule has 11 heavy (non-hydrogen) atoms. The lowest BCUT2D eigenvalue weighted by Crippen LogP contribution is -2.13. The molecule has 0 bridgehead atoms. The highest BCUT2D eigenvalue weighted by Gasteiger charge is 2.05. The Hall–Kier alpha value is -0.420. The number of hydrogen-bond donors (Lipinski definition) is 3. The summed E-state index contributed by atoms with van der Waals surface area (Å²) in [6.07, 6.45) is 0. The second kappa shape index (κ2) is 3.82. The van der Waals surface area contributed by atoms with Crippen molar-refractivity contribution in [3.05, 3.63) is 21.9 Å². The van der Waals surface area contributed by atoms with Gasteiger partial charge in [0.05, 0.1) is 19.3 Å². The maximum atomic E-state index is 8.71. The molecule has 0 aromatic carbocycles. The van der Waals surface area contributed by atoms with E-state index < -0.39 is 0 Å². The molecule has 0 amide bonds. The SMILES string of the molecule is N[C@H](CO)c1csc(CO)c1. The lowest BCUT2D eigenvalue weighted by Gasteiger charge is -2.02. The van der Waals surface area contributed by atoms with Gasteiger partial charge in [0.1, 0.15) is 0 Å². The summed E-state index contributed by atoms with van der Waals surface area (Å²) in [7, 11) is 0. The zero-order valence-electron chi connectivity index (χ0n) is 6.03. The van der Waals surface area contributed by atoms with E-state index in [1.54, 1.807) is 0 Å². The van der Waals surface area contributed by atoms with Crippen LogP contribution in [0, 0.1) is 0 Å². The molecule has 62 valence electrons. The highest BCUT2D eigenvalue weighted by atomic mass is 32.1. The van der Waals surface area contributed by atoms with E-state index >= 15 is 0 Å². The zero-order valence-corrected chi connectivity index (χ0v) is 6.84. The summed E-state index contributed by atoms with van der Waals surface area (Å²) in [4.78, 5) is 0.879. The standard InChI is InChI=1S/C7H11NO2S/c8-7(3-10)5-1-6(2-9)11-4-5/h1,4,7,9-10H,2-3,8H2/t7-/m1/s1. The van der Waals surface area contributed by atoms with Crippen molar-refractivity contribution in [2.75, 3.05) is 6.61 Å². The van der Waals surface area contributed by atoms with Crippen molar-refractivity contribution >= 4 is 11.3 Å². The van der Waals surface area contributed by atoms with Gasteiger partial charge in [-0.15, -0.1) is 11.3 Å². The van der Waals surface area contributed by atoms with E-state index in [-0.39, 0.29) is 19.3 Å². The maximum absolute atomic E-state index is 8.71. The Kier molecular flexibility index (Phi) is 3.02. The fourth-order valence-corrected chi connectivity index (χ4v) is 1.59. The monoisotopic (exact) mass is 173 g/mol. The number of nitrogens with two attached hydrogens (primary N) is 1. The number of rotatable bonds is 3. The normalized spacial score (nSPS) is 13.4. The second-order valence-corrected chi connectivity index (χ2v) is 3.29. The molecular formula is C7H11NO2S. The van der Waals surface area contributed by atoms with Crippen LogP contribution in [0.3, 0.4) is 0 Å². The second-order valence-electron chi connectivity index (χ2n) is 2.29. The molecule has 1 atom stereocenters. The largest absolute Gasteiger partial charge is 0.394 e. The summed E-state index contributed by atoms with van der Waals surface area (Å²) in [5.41, 5.74) is 6.43. The molecule has 0 fully saturated rings. The molecule has 0 unspecified atom stereocenters. The third-order valence-corrected chi connectivity index (χ3v) is 2.39. The average Bonchev–Trinajstić information content (AvgIpc) is 2.50. The molecule has 0 aliphatic heterocycles. The van der Waals surface area contributed by atoms with Gasteiger partial charge in [0.15, 0.2) is 0 Å². The summed E-state index contributed by atoms with van der Waals surface area (Å²) in [6.45, 7) is -0.00951. The summed E-state index contributed by atoms with van der Waals surface area (Å²) in [5, 5.41) is 19.3. The van der Waals surface area contributed by atoms with Gasteiger partial charge in [-0.2, -0.15) is 0 Å². The lowest BCUT2D eigenvalue weighted by atomic mass is 10.2. The van der Waals surface area contributed by atoms with Crippen molar-refractivity contribution in [2.45, 2.75) is 12.6 Å². The van der Waals surface area contributed by atoms with Gasteiger partial charge in [-0.3, -0.25) is 0 Å². The quantitative estimate of drug-likeness (QED) is 0.613. The van der Waals surface area contributed by atoms with Gasteiger partial charge in [-0.05, 0) is 17.0 Å². The van der Waals surface area contributed by atoms with Gasteiger partial charge in [0.25, 0.3) is 0 Å². The van der Waals surface area contributed by atoms with Crippen LogP contribution in [0.25, 0.3) is 0 Å². The molecule has 1 aromatic rings. The minimum absolute atomic E-state index is 0.0445. The van der Waals surface area contributed by atoms with Gasteiger partial charge in [-0.1, -0.05) is 0 Å². The fraction of sp³-hybridized carbons (Fsp3) is 0.429. The molecule has 3 nitrogen and oxygen atoms in total. The smallest absolute Gasteiger partial charge is 0.0774 e. The molecule has 0 radical (unpaired) electrons. The van der Waals surface area contributed by atoms with E-state index in [1.165, 1.54) is 11.3 Å². The first-order chi connectivity index (χ1) is 5.27. The van der Waals surface area contributed by atoms with Crippen molar-refractivity contribution in [1.82, 2.24) is 0 Å². The predicted octanol–water partition coefficient (Wildman–Crippen LogP) is 0.233. The van der Waals surface area contributed by atoms with Gasteiger partial charge < -0.3 is 15.9 Å². The Bertz CT molecular complexity index is 224. The van der Waals surface area contributed by atoms with Crippen LogP contribution in [0.5, 0.6) is 0 Å². The molecule has 1 heterocycles. The van der Waals surface area contributed by atoms with Crippen LogP contribution in [0.2, 0.25) is 0 Å². The van der Waals surface area contributed by atoms with Crippen molar-refractivity contribution in [3.8, 4) is 0 Å². The number of aliphatic hydroxyl groups is 2. The first-order valence-corrected chi connectivity index (χ1v) is 4.20. The summed E-state index contributed by atoms with van der Waals surface area (Å²) >= 11 is 1.45. The Balaban J connectivity index is 2.71. The molecule has 0 aliphatic rings. The first kappa shape index (κ1) is 8.67. The molecule has 4 heteroatoms. The van der Waals surface area contributed by atoms with Crippen LogP contribution < -0.4 is 5.73 Å². The summed E-state index contributed by atoms with van der Waals surface area (Å²) < 4.78 is 0. The van der Waals surface area contributed by atoms with E-state index in [2.05, 4.69) is 0 Å². The first-order valence-electron chi connectivity index (χ1n) is 3.32. The highest BCUT2D eigenvalue weighted by Crippen LogP contribution is 2.18. The molecule has 1 rings (SSSR count). The van der Waals surface area contributed by atoms with Crippen molar-refractivity contribution in [3.63, 3.8) is 0 Å². The minimum Gasteiger partial charge on any atom is -0.394 e. The van der Waals surface area contributed by atoms with Gasteiger partial charge in [0.2, 0.25) is 0 Å². The summed E-state index contributed by atoms with van der Waals surface area (Å²) in [6, 6.07) is 1.50. The summed E-state index contributed by atoms with van der Waals surface area (Å²) in [5.74, 6) is 0. The molecule has 0 spiro atoms. The Morgan fingerprint density at radius 3 is 2.73 bits per heavy atom. The van der Waals surface area contributed by atoms with E-state index in [4.69, 9.17) is 15.9 Å². The van der Waals surface area contributed by atoms with Crippen LogP contribution in [-0.4, -0.2) is 16.8 Å². The minimum atomic E-state index is -0.313. The molecule has 0 saturated carbocycles. The van der Waals surface area contributed by atoms with E-state index in [1.807, 2.05) is 11.4 Å². The third-order valence-electron chi connectivity index (χ3n) is 1.45. The molecular weight excluding hydrogens is 162 g/mol. The van der Waals surface area contributed by atoms with Gasteiger partial charge in [-0.25, -0.2) is 0 Å². The van der Waals surface area contributed by atoms with Gasteiger partial charge >= 0.3 is 0 Å². The predicted molar refractivity (Wildman–Crippen MR) is 44.3 cm³/mol. The maximum Gasteiger partial charge on any atom is 0.0774 e. The molecule has 1 aromatic heterocycles. The van der Waals surface area contributed by atoms with Crippen molar-refractivity contribution < 1.29 is 10.2 Å². The Labute approximate surface area is 69.1 Å².